The molecule has 0 spiro atoms. The molecule has 1 atom stereocenters. The molecule has 0 radical (unpaired) electrons. The van der Waals surface area contributed by atoms with Gasteiger partial charge >= 0.3 is 0 Å². The summed E-state index contributed by atoms with van der Waals surface area (Å²) in [5, 5.41) is 2.70. The van der Waals surface area contributed by atoms with Crippen LogP contribution >= 0.6 is 11.6 Å². The summed E-state index contributed by atoms with van der Waals surface area (Å²) in [5.74, 6) is 1.66. The summed E-state index contributed by atoms with van der Waals surface area (Å²) in [4.78, 5) is 11.8. The van der Waals surface area contributed by atoms with E-state index in [1.54, 1.807) is 0 Å². The predicted molar refractivity (Wildman–Crippen MR) is 66.4 cm³/mol. The Labute approximate surface area is 105 Å². The van der Waals surface area contributed by atoms with Gasteiger partial charge in [0.1, 0.15) is 5.82 Å². The zero-order valence-corrected chi connectivity index (χ0v) is 10.2. The van der Waals surface area contributed by atoms with E-state index >= 15 is 0 Å². The summed E-state index contributed by atoms with van der Waals surface area (Å²) < 4.78 is 12.9. The van der Waals surface area contributed by atoms with Gasteiger partial charge in [-0.2, -0.15) is 0 Å². The van der Waals surface area contributed by atoms with E-state index in [1.165, 1.54) is 18.2 Å². The van der Waals surface area contributed by atoms with Crippen molar-refractivity contribution in [1.82, 2.24) is 5.32 Å². The first kappa shape index (κ1) is 13.5. The van der Waals surface area contributed by atoms with E-state index in [4.69, 9.17) is 18.0 Å². The van der Waals surface area contributed by atoms with Crippen LogP contribution in [0.25, 0.3) is 0 Å². The third-order valence-corrected chi connectivity index (χ3v) is 2.66. The van der Waals surface area contributed by atoms with Gasteiger partial charge in [-0.15, -0.1) is 12.3 Å². The van der Waals surface area contributed by atoms with Crippen LogP contribution < -0.4 is 5.32 Å². The van der Waals surface area contributed by atoms with Crippen LogP contribution in [0.3, 0.4) is 0 Å². The molecule has 0 aliphatic heterocycles. The quantitative estimate of drug-likeness (QED) is 0.821. The van der Waals surface area contributed by atoms with Gasteiger partial charge in [-0.1, -0.05) is 18.5 Å². The van der Waals surface area contributed by atoms with Crippen molar-refractivity contribution in [3.63, 3.8) is 0 Å². The molecule has 1 aromatic carbocycles. The highest BCUT2D eigenvalue weighted by molar-refractivity contribution is 6.31. The number of carbonyl (C=O) groups is 1. The lowest BCUT2D eigenvalue weighted by Gasteiger charge is -2.14. The van der Waals surface area contributed by atoms with Crippen molar-refractivity contribution in [2.24, 2.45) is 0 Å². The van der Waals surface area contributed by atoms with E-state index in [0.29, 0.717) is 12.0 Å². The highest BCUT2D eigenvalue weighted by atomic mass is 35.5. The number of amides is 1. The zero-order chi connectivity index (χ0) is 12.8. The summed E-state index contributed by atoms with van der Waals surface area (Å²) in [6.07, 6.45) is 6.40. The number of nitrogens with one attached hydrogen (secondary N) is 1. The second kappa shape index (κ2) is 6.27. The summed E-state index contributed by atoms with van der Waals surface area (Å²) in [6, 6.07) is 3.78. The Morgan fingerprint density at radius 3 is 2.88 bits per heavy atom. The fourth-order valence-electron chi connectivity index (χ4n) is 1.35. The number of halogens is 2. The fraction of sp³-hybridized carbons (Fsp3) is 0.308. The first-order valence-electron chi connectivity index (χ1n) is 5.27. The molecule has 90 valence electrons. The number of carbonyl (C=O) groups excluding carboxylic acids is 1. The smallest absolute Gasteiger partial charge is 0.251 e. The molecule has 0 fully saturated rings. The average molecular weight is 254 g/mol. The van der Waals surface area contributed by atoms with Crippen molar-refractivity contribution in [3.05, 3.63) is 34.6 Å². The Morgan fingerprint density at radius 2 is 2.35 bits per heavy atom. The monoisotopic (exact) mass is 253 g/mol. The van der Waals surface area contributed by atoms with Crippen LogP contribution in [-0.2, 0) is 0 Å². The van der Waals surface area contributed by atoms with Crippen molar-refractivity contribution in [2.45, 2.75) is 25.8 Å². The fourth-order valence-corrected chi connectivity index (χ4v) is 1.53. The Balaban J connectivity index is 2.76. The maximum absolute atomic E-state index is 12.9. The molecule has 0 aliphatic rings. The van der Waals surface area contributed by atoms with Gasteiger partial charge in [0, 0.05) is 18.0 Å². The van der Waals surface area contributed by atoms with Gasteiger partial charge in [-0.3, -0.25) is 4.79 Å². The predicted octanol–water partition coefficient (Wildman–Crippen LogP) is 3.01. The maximum atomic E-state index is 12.9. The minimum atomic E-state index is -0.543. The molecule has 0 heterocycles. The van der Waals surface area contributed by atoms with Crippen LogP contribution in [0.2, 0.25) is 5.02 Å². The highest BCUT2D eigenvalue weighted by Gasteiger charge is 2.12. The van der Waals surface area contributed by atoms with Gasteiger partial charge in [0.2, 0.25) is 0 Å². The standard InChI is InChI=1S/C13H13ClFNO/c1-3-5-10(4-2)16-13(17)9-6-7-12(15)11(14)8-9/h1,6-8,10H,4-5H2,2H3,(H,16,17). The van der Waals surface area contributed by atoms with Gasteiger partial charge in [-0.05, 0) is 24.6 Å². The Morgan fingerprint density at radius 1 is 1.65 bits per heavy atom. The van der Waals surface area contributed by atoms with Crippen molar-refractivity contribution in [1.29, 1.82) is 0 Å². The summed E-state index contributed by atoms with van der Waals surface area (Å²) in [5.41, 5.74) is 0.326. The summed E-state index contributed by atoms with van der Waals surface area (Å²) in [6.45, 7) is 1.93. The van der Waals surface area contributed by atoms with Gasteiger partial charge in [0.25, 0.3) is 5.91 Å². The van der Waals surface area contributed by atoms with Crippen molar-refractivity contribution < 1.29 is 9.18 Å². The van der Waals surface area contributed by atoms with E-state index in [2.05, 4.69) is 11.2 Å². The minimum absolute atomic E-state index is 0.0670. The number of terminal acetylenes is 1. The molecule has 0 aromatic heterocycles. The first-order valence-corrected chi connectivity index (χ1v) is 5.65. The van der Waals surface area contributed by atoms with E-state index in [-0.39, 0.29) is 17.0 Å². The van der Waals surface area contributed by atoms with Crippen molar-refractivity contribution in [2.75, 3.05) is 0 Å². The van der Waals surface area contributed by atoms with E-state index in [0.717, 1.165) is 6.42 Å². The molecular formula is C13H13ClFNO. The summed E-state index contributed by atoms with van der Waals surface area (Å²) >= 11 is 5.60. The lowest BCUT2D eigenvalue weighted by molar-refractivity contribution is 0.0936. The van der Waals surface area contributed by atoms with Crippen LogP contribution in [0.15, 0.2) is 18.2 Å². The second-order valence-electron chi connectivity index (χ2n) is 3.62. The minimum Gasteiger partial charge on any atom is -0.348 e. The van der Waals surface area contributed by atoms with E-state index < -0.39 is 5.82 Å². The average Bonchev–Trinajstić information content (AvgIpc) is 2.31. The third kappa shape index (κ3) is 3.76. The van der Waals surface area contributed by atoms with Crippen molar-refractivity contribution in [3.8, 4) is 12.3 Å². The van der Waals surface area contributed by atoms with Gasteiger partial charge < -0.3 is 5.32 Å². The molecule has 4 heteroatoms. The van der Waals surface area contributed by atoms with Gasteiger partial charge in [0.15, 0.2) is 0 Å². The molecule has 1 amide bonds. The largest absolute Gasteiger partial charge is 0.348 e. The molecule has 1 unspecified atom stereocenters. The van der Waals surface area contributed by atoms with Gasteiger partial charge in [-0.25, -0.2) is 4.39 Å². The molecule has 1 N–H and O–H groups in total. The molecule has 1 aromatic rings. The molecule has 0 aliphatic carbocycles. The molecule has 0 saturated heterocycles. The van der Waals surface area contributed by atoms with Crippen LogP contribution in [0, 0.1) is 18.2 Å². The first-order chi connectivity index (χ1) is 8.08. The molecule has 0 bridgehead atoms. The normalized spacial score (nSPS) is 11.6. The van der Waals surface area contributed by atoms with Crippen molar-refractivity contribution >= 4 is 17.5 Å². The number of rotatable bonds is 4. The Bertz CT molecular complexity index is 453. The maximum Gasteiger partial charge on any atom is 0.251 e. The highest BCUT2D eigenvalue weighted by Crippen LogP contribution is 2.16. The van der Waals surface area contributed by atoms with E-state index in [1.807, 2.05) is 6.92 Å². The van der Waals surface area contributed by atoms with E-state index in [9.17, 15) is 9.18 Å². The zero-order valence-electron chi connectivity index (χ0n) is 9.47. The number of hydrogen-bond acceptors (Lipinski definition) is 1. The lowest BCUT2D eigenvalue weighted by Crippen LogP contribution is -2.34. The Hall–Kier alpha value is -1.53. The molecule has 0 saturated carbocycles. The van der Waals surface area contributed by atoms with Crippen LogP contribution in [-0.4, -0.2) is 11.9 Å². The SMILES string of the molecule is C#CCC(CC)NC(=O)c1ccc(F)c(Cl)c1. The topological polar surface area (TPSA) is 29.1 Å². The molecule has 2 nitrogen and oxygen atoms in total. The lowest BCUT2D eigenvalue weighted by atomic mass is 10.1. The number of hydrogen-bond donors (Lipinski definition) is 1. The molecular weight excluding hydrogens is 241 g/mol. The Kier molecular flexibility index (Phi) is 4.99. The van der Waals surface area contributed by atoms with Crippen LogP contribution in [0.5, 0.6) is 0 Å². The van der Waals surface area contributed by atoms with Crippen LogP contribution in [0.1, 0.15) is 30.1 Å². The summed E-state index contributed by atoms with van der Waals surface area (Å²) in [7, 11) is 0. The number of benzene rings is 1. The molecule has 17 heavy (non-hydrogen) atoms. The van der Waals surface area contributed by atoms with Crippen LogP contribution in [0.4, 0.5) is 4.39 Å². The second-order valence-corrected chi connectivity index (χ2v) is 4.02. The van der Waals surface area contributed by atoms with Gasteiger partial charge in [0.05, 0.1) is 5.02 Å². The molecule has 1 rings (SSSR count). The third-order valence-electron chi connectivity index (χ3n) is 2.37.